The van der Waals surface area contributed by atoms with Gasteiger partial charge in [0.05, 0.1) is 6.61 Å². The number of hydrogen-bond donors (Lipinski definition) is 5. The fourth-order valence-electron chi connectivity index (χ4n) is 2.36. The van der Waals surface area contributed by atoms with Crippen LogP contribution in [0.2, 0.25) is 0 Å². The van der Waals surface area contributed by atoms with Gasteiger partial charge in [-0.25, -0.2) is 0 Å². The maximum Gasteiger partial charge on any atom is 0.123 e. The maximum atomic E-state index is 10.1. The number of benzene rings is 2. The van der Waals surface area contributed by atoms with Crippen molar-refractivity contribution in [3.63, 3.8) is 0 Å². The quantitative estimate of drug-likeness (QED) is 0.524. The SMILES string of the molecule is C=CCc1cc(-c2cc([C@H](O)[C@@H](O)CO)ccc2O)ccc1O. The third-order valence-corrected chi connectivity index (χ3v) is 3.67. The zero-order valence-corrected chi connectivity index (χ0v) is 12.6. The Labute approximate surface area is 134 Å². The number of aromatic hydroxyl groups is 2. The van der Waals surface area contributed by atoms with E-state index in [1.807, 2.05) is 0 Å². The number of phenols is 2. The van der Waals surface area contributed by atoms with Crippen LogP contribution in [0, 0.1) is 0 Å². The molecule has 2 aromatic rings. The Hall–Kier alpha value is -2.34. The maximum absolute atomic E-state index is 10.1. The van der Waals surface area contributed by atoms with Crippen molar-refractivity contribution in [3.05, 3.63) is 60.2 Å². The standard InChI is InChI=1S/C18H20O5/c1-2-3-12-8-11(4-6-15(12)20)14-9-13(5-7-16(14)21)18(23)17(22)10-19/h2,4-9,17-23H,1,3,10H2/t17-,18-/m0/s1. The van der Waals surface area contributed by atoms with E-state index in [1.165, 1.54) is 18.2 Å². The van der Waals surface area contributed by atoms with Gasteiger partial charge in [0, 0.05) is 5.56 Å². The van der Waals surface area contributed by atoms with E-state index in [2.05, 4.69) is 6.58 Å². The molecule has 0 aromatic heterocycles. The molecule has 5 nitrogen and oxygen atoms in total. The fourth-order valence-corrected chi connectivity index (χ4v) is 2.36. The highest BCUT2D eigenvalue weighted by molar-refractivity contribution is 5.72. The van der Waals surface area contributed by atoms with Crippen LogP contribution in [0.15, 0.2) is 49.1 Å². The van der Waals surface area contributed by atoms with Crippen LogP contribution in [0.25, 0.3) is 11.1 Å². The topological polar surface area (TPSA) is 101 Å². The molecule has 5 N–H and O–H groups in total. The molecule has 0 unspecified atom stereocenters. The van der Waals surface area contributed by atoms with Gasteiger partial charge in [0.2, 0.25) is 0 Å². The third-order valence-electron chi connectivity index (χ3n) is 3.67. The van der Waals surface area contributed by atoms with Crippen LogP contribution in [-0.4, -0.2) is 38.2 Å². The van der Waals surface area contributed by atoms with E-state index in [1.54, 1.807) is 24.3 Å². The molecule has 0 amide bonds. The molecule has 0 saturated carbocycles. The minimum absolute atomic E-state index is 0.00896. The van der Waals surface area contributed by atoms with E-state index in [4.69, 9.17) is 5.11 Å². The molecule has 2 aromatic carbocycles. The molecule has 0 bridgehead atoms. The average Bonchev–Trinajstić information content (AvgIpc) is 2.56. The van der Waals surface area contributed by atoms with Gasteiger partial charge >= 0.3 is 0 Å². The number of phenolic OH excluding ortho intramolecular Hbond substituents is 2. The lowest BCUT2D eigenvalue weighted by Gasteiger charge is -2.17. The number of allylic oxidation sites excluding steroid dienone is 1. The van der Waals surface area contributed by atoms with Crippen molar-refractivity contribution in [2.75, 3.05) is 6.61 Å². The van der Waals surface area contributed by atoms with Crippen molar-refractivity contribution >= 4 is 0 Å². The predicted molar refractivity (Wildman–Crippen MR) is 87.2 cm³/mol. The van der Waals surface area contributed by atoms with Crippen molar-refractivity contribution in [2.24, 2.45) is 0 Å². The number of aliphatic hydroxyl groups excluding tert-OH is 3. The van der Waals surface area contributed by atoms with Gasteiger partial charge in [-0.15, -0.1) is 6.58 Å². The largest absolute Gasteiger partial charge is 0.508 e. The van der Waals surface area contributed by atoms with Crippen LogP contribution >= 0.6 is 0 Å². The first-order chi connectivity index (χ1) is 11.0. The zero-order chi connectivity index (χ0) is 17.0. The molecule has 2 atom stereocenters. The zero-order valence-electron chi connectivity index (χ0n) is 12.6. The summed E-state index contributed by atoms with van der Waals surface area (Å²) in [7, 11) is 0. The number of rotatable bonds is 6. The van der Waals surface area contributed by atoms with Gasteiger partial charge in [0.15, 0.2) is 0 Å². The van der Waals surface area contributed by atoms with Crippen LogP contribution in [-0.2, 0) is 6.42 Å². The van der Waals surface area contributed by atoms with Crippen molar-refractivity contribution in [2.45, 2.75) is 18.6 Å². The molecule has 0 fully saturated rings. The van der Waals surface area contributed by atoms with Crippen LogP contribution in [0.4, 0.5) is 0 Å². The normalized spacial score (nSPS) is 13.5. The van der Waals surface area contributed by atoms with Gasteiger partial charge in [-0.3, -0.25) is 0 Å². The second kappa shape index (κ2) is 7.28. The molecule has 122 valence electrons. The summed E-state index contributed by atoms with van der Waals surface area (Å²) in [6.45, 7) is 3.07. The second-order valence-electron chi connectivity index (χ2n) is 5.31. The lowest BCUT2D eigenvalue weighted by Crippen LogP contribution is -2.22. The molecule has 0 aliphatic rings. The van der Waals surface area contributed by atoms with E-state index in [-0.39, 0.29) is 11.5 Å². The molecule has 23 heavy (non-hydrogen) atoms. The van der Waals surface area contributed by atoms with E-state index in [9.17, 15) is 20.4 Å². The summed E-state index contributed by atoms with van der Waals surface area (Å²) in [6, 6.07) is 9.34. The summed E-state index contributed by atoms with van der Waals surface area (Å²) in [5.74, 6) is 0.148. The second-order valence-corrected chi connectivity index (χ2v) is 5.31. The summed E-state index contributed by atoms with van der Waals surface area (Å²) in [5, 5.41) is 48.4. The minimum Gasteiger partial charge on any atom is -0.508 e. The van der Waals surface area contributed by atoms with Crippen molar-refractivity contribution in [1.82, 2.24) is 0 Å². The fraction of sp³-hybridized carbons (Fsp3) is 0.222. The summed E-state index contributed by atoms with van der Waals surface area (Å²) in [6.07, 6.45) is -0.421. The first-order valence-electron chi connectivity index (χ1n) is 7.21. The highest BCUT2D eigenvalue weighted by atomic mass is 16.4. The van der Waals surface area contributed by atoms with Crippen LogP contribution in [0.5, 0.6) is 11.5 Å². The Balaban J connectivity index is 2.47. The van der Waals surface area contributed by atoms with E-state index in [0.717, 1.165) is 0 Å². The Bertz CT molecular complexity index is 696. The van der Waals surface area contributed by atoms with Gasteiger partial charge in [0.25, 0.3) is 0 Å². The number of aliphatic hydroxyl groups is 3. The molecular formula is C18H20O5. The van der Waals surface area contributed by atoms with Gasteiger partial charge in [-0.05, 0) is 47.4 Å². The smallest absolute Gasteiger partial charge is 0.123 e. The highest BCUT2D eigenvalue weighted by Gasteiger charge is 2.19. The minimum atomic E-state index is -1.30. The van der Waals surface area contributed by atoms with Crippen molar-refractivity contribution in [3.8, 4) is 22.6 Å². The van der Waals surface area contributed by atoms with E-state index < -0.39 is 18.8 Å². The summed E-state index contributed by atoms with van der Waals surface area (Å²) in [4.78, 5) is 0. The molecule has 0 saturated heterocycles. The Kier molecular flexibility index (Phi) is 5.39. The van der Waals surface area contributed by atoms with Crippen molar-refractivity contribution in [1.29, 1.82) is 0 Å². The molecule has 0 spiro atoms. The summed E-state index contributed by atoms with van der Waals surface area (Å²) < 4.78 is 0. The number of hydrogen-bond acceptors (Lipinski definition) is 5. The Morgan fingerprint density at radius 1 is 1.00 bits per heavy atom. The monoisotopic (exact) mass is 316 g/mol. The van der Waals surface area contributed by atoms with Crippen LogP contribution in [0.3, 0.4) is 0 Å². The Morgan fingerprint density at radius 2 is 1.70 bits per heavy atom. The van der Waals surface area contributed by atoms with Crippen LogP contribution in [0.1, 0.15) is 17.2 Å². The molecular weight excluding hydrogens is 296 g/mol. The lowest BCUT2D eigenvalue weighted by atomic mass is 9.96. The molecule has 0 aliphatic heterocycles. The van der Waals surface area contributed by atoms with E-state index in [0.29, 0.717) is 28.7 Å². The lowest BCUT2D eigenvalue weighted by molar-refractivity contribution is -0.0152. The molecule has 2 rings (SSSR count). The molecule has 0 aliphatic carbocycles. The Morgan fingerprint density at radius 3 is 2.35 bits per heavy atom. The first kappa shape index (κ1) is 17.0. The van der Waals surface area contributed by atoms with Crippen LogP contribution < -0.4 is 0 Å². The molecule has 5 heteroatoms. The first-order valence-corrected chi connectivity index (χ1v) is 7.21. The van der Waals surface area contributed by atoms with Gasteiger partial charge in [0.1, 0.15) is 23.7 Å². The van der Waals surface area contributed by atoms with Crippen molar-refractivity contribution < 1.29 is 25.5 Å². The summed E-state index contributed by atoms with van der Waals surface area (Å²) in [5.41, 5.74) is 2.15. The van der Waals surface area contributed by atoms with Gasteiger partial charge in [-0.1, -0.05) is 18.2 Å². The average molecular weight is 316 g/mol. The highest BCUT2D eigenvalue weighted by Crippen LogP contribution is 2.34. The van der Waals surface area contributed by atoms with E-state index >= 15 is 0 Å². The predicted octanol–water partition coefficient (Wildman–Crippen LogP) is 1.88. The molecule has 0 heterocycles. The third kappa shape index (κ3) is 3.71. The molecule has 0 radical (unpaired) electrons. The van der Waals surface area contributed by atoms with Gasteiger partial charge in [-0.2, -0.15) is 0 Å². The van der Waals surface area contributed by atoms with Gasteiger partial charge < -0.3 is 25.5 Å². The summed E-state index contributed by atoms with van der Waals surface area (Å²) >= 11 is 0.